The fraction of sp³-hybridized carbons (Fsp3) is 0.367. The number of imidazole rings is 1. The van der Waals surface area contributed by atoms with Crippen LogP contribution in [0.2, 0.25) is 5.04 Å². The van der Waals surface area contributed by atoms with Crippen molar-refractivity contribution in [2.75, 3.05) is 11.9 Å². The number of halogens is 1. The monoisotopic (exact) mass is 591 g/mol. The zero-order valence-corrected chi connectivity index (χ0v) is 24.9. The standard InChI is InChI=1S/C30H34FN5O5Si/c1-19(37)35-27-26-28(33-17-32-27)36(18-34-26)29-25(31)22(15-24(38)39)23(41-29)16-40-42(30(2,3)4,20-11-7-5-8-12-20)21-13-9-6-10-14-21/h5-14,17-18,22-23,25,29H,15-16H2,1-4H3,(H,38,39)(H,32,33,35,37)/t22-,23+,25-,29-/m1/s1. The van der Waals surface area contributed by atoms with Gasteiger partial charge in [-0.2, -0.15) is 0 Å². The first kappa shape index (κ1) is 29.5. The lowest BCUT2D eigenvalue weighted by atomic mass is 9.95. The first-order valence-electron chi connectivity index (χ1n) is 13.7. The van der Waals surface area contributed by atoms with E-state index in [0.29, 0.717) is 0 Å². The number of carbonyl (C=O) groups excluding carboxylic acids is 1. The molecule has 1 fully saturated rings. The van der Waals surface area contributed by atoms with Crippen LogP contribution in [0, 0.1) is 5.92 Å². The van der Waals surface area contributed by atoms with Crippen molar-refractivity contribution in [3.8, 4) is 0 Å². The first-order chi connectivity index (χ1) is 20.0. The maximum Gasteiger partial charge on any atom is 0.303 e. The van der Waals surface area contributed by atoms with E-state index in [-0.39, 0.29) is 34.5 Å². The van der Waals surface area contributed by atoms with Crippen molar-refractivity contribution in [2.45, 2.75) is 57.7 Å². The van der Waals surface area contributed by atoms with Gasteiger partial charge in [0.1, 0.15) is 6.33 Å². The molecule has 0 radical (unpaired) electrons. The molecule has 12 heteroatoms. The van der Waals surface area contributed by atoms with E-state index in [2.05, 4.69) is 65.3 Å². The molecular formula is C30H34FN5O5Si. The Morgan fingerprint density at radius 3 is 2.21 bits per heavy atom. The van der Waals surface area contributed by atoms with Gasteiger partial charge in [-0.25, -0.2) is 19.3 Å². The Morgan fingerprint density at radius 2 is 1.67 bits per heavy atom. The molecule has 4 atom stereocenters. The maximum atomic E-state index is 16.2. The van der Waals surface area contributed by atoms with Gasteiger partial charge in [-0.05, 0) is 15.4 Å². The van der Waals surface area contributed by atoms with Crippen LogP contribution in [0.25, 0.3) is 11.2 Å². The number of anilines is 1. The molecule has 42 heavy (non-hydrogen) atoms. The van der Waals surface area contributed by atoms with Crippen molar-refractivity contribution in [1.82, 2.24) is 19.5 Å². The van der Waals surface area contributed by atoms with Gasteiger partial charge in [-0.15, -0.1) is 0 Å². The molecule has 5 rings (SSSR count). The number of carboxylic acids is 1. The molecule has 2 aromatic carbocycles. The highest BCUT2D eigenvalue weighted by atomic mass is 28.4. The molecule has 2 N–H and O–H groups in total. The molecule has 10 nitrogen and oxygen atoms in total. The number of ether oxygens (including phenoxy) is 1. The summed E-state index contributed by atoms with van der Waals surface area (Å²) in [6.45, 7) is 7.73. The van der Waals surface area contributed by atoms with Gasteiger partial charge in [-0.1, -0.05) is 81.4 Å². The van der Waals surface area contributed by atoms with Crippen molar-refractivity contribution in [3.05, 3.63) is 73.3 Å². The summed E-state index contributed by atoms with van der Waals surface area (Å²) < 4.78 is 30.8. The third-order valence-electron chi connectivity index (χ3n) is 7.69. The zero-order valence-electron chi connectivity index (χ0n) is 23.9. The van der Waals surface area contributed by atoms with Crippen LogP contribution in [-0.2, 0) is 18.8 Å². The summed E-state index contributed by atoms with van der Waals surface area (Å²) in [4.78, 5) is 36.1. The Hall–Kier alpha value is -4.00. The predicted octanol–water partition coefficient (Wildman–Crippen LogP) is 3.69. The molecule has 0 aliphatic carbocycles. The number of rotatable bonds is 9. The smallest absolute Gasteiger partial charge is 0.303 e. The Bertz CT molecular complexity index is 1520. The van der Waals surface area contributed by atoms with Crippen LogP contribution in [0.15, 0.2) is 73.3 Å². The Labute approximate surface area is 244 Å². The molecule has 0 unspecified atom stereocenters. The van der Waals surface area contributed by atoms with Gasteiger partial charge >= 0.3 is 5.97 Å². The second-order valence-corrected chi connectivity index (χ2v) is 15.8. The van der Waals surface area contributed by atoms with Crippen LogP contribution in [0.5, 0.6) is 0 Å². The van der Waals surface area contributed by atoms with E-state index in [4.69, 9.17) is 9.16 Å². The maximum absolute atomic E-state index is 16.2. The number of nitrogens with zero attached hydrogens (tertiary/aromatic N) is 4. The van der Waals surface area contributed by atoms with E-state index < -0.39 is 45.1 Å². The molecule has 220 valence electrons. The Kier molecular flexibility index (Phi) is 8.22. The molecule has 1 amide bonds. The molecule has 1 aliphatic rings. The second-order valence-electron chi connectivity index (χ2n) is 11.5. The summed E-state index contributed by atoms with van der Waals surface area (Å²) in [5, 5.41) is 14.1. The lowest BCUT2D eigenvalue weighted by Gasteiger charge is -2.43. The van der Waals surface area contributed by atoms with E-state index in [0.717, 1.165) is 10.4 Å². The molecule has 0 saturated carbocycles. The SMILES string of the molecule is CC(=O)Nc1ncnc2c1ncn2[C@@H]1O[C@@H](CO[Si](c2ccccc2)(c2ccccc2)C(C)(C)C)[C@@H](CC(=O)O)[C@H]1F. The highest BCUT2D eigenvalue weighted by molar-refractivity contribution is 6.99. The Balaban J connectivity index is 1.52. The van der Waals surface area contributed by atoms with Crippen molar-refractivity contribution >= 4 is 47.5 Å². The van der Waals surface area contributed by atoms with Gasteiger partial charge in [0.15, 0.2) is 29.4 Å². The third-order valence-corrected chi connectivity index (χ3v) is 12.7. The summed E-state index contributed by atoms with van der Waals surface area (Å²) in [6, 6.07) is 20.0. The van der Waals surface area contributed by atoms with Crippen molar-refractivity contribution < 1.29 is 28.2 Å². The topological polar surface area (TPSA) is 128 Å². The lowest BCUT2D eigenvalue weighted by Crippen LogP contribution is -2.67. The largest absolute Gasteiger partial charge is 0.481 e. The summed E-state index contributed by atoms with van der Waals surface area (Å²) in [5.74, 6) is -2.27. The minimum atomic E-state index is -2.99. The number of carbonyl (C=O) groups is 2. The van der Waals surface area contributed by atoms with E-state index in [1.165, 1.54) is 24.1 Å². The van der Waals surface area contributed by atoms with Gasteiger partial charge in [0, 0.05) is 12.8 Å². The fourth-order valence-corrected chi connectivity index (χ4v) is 10.4. The quantitative estimate of drug-likeness (QED) is 0.282. The second kappa shape index (κ2) is 11.7. The van der Waals surface area contributed by atoms with E-state index in [9.17, 15) is 14.7 Å². The first-order valence-corrected chi connectivity index (χ1v) is 15.6. The number of hydrogen-bond acceptors (Lipinski definition) is 7. The normalized spacial score (nSPS) is 21.0. The lowest BCUT2D eigenvalue weighted by molar-refractivity contribution is -0.139. The van der Waals surface area contributed by atoms with Gasteiger partial charge in [0.05, 0.1) is 25.5 Å². The van der Waals surface area contributed by atoms with Crippen LogP contribution >= 0.6 is 0 Å². The number of aromatic nitrogens is 4. The molecular weight excluding hydrogens is 557 g/mol. The molecule has 1 aliphatic heterocycles. The van der Waals surface area contributed by atoms with Gasteiger partial charge in [0.2, 0.25) is 5.91 Å². The van der Waals surface area contributed by atoms with E-state index in [1.807, 2.05) is 36.4 Å². The minimum Gasteiger partial charge on any atom is -0.481 e. The van der Waals surface area contributed by atoms with E-state index >= 15 is 4.39 Å². The van der Waals surface area contributed by atoms with Crippen LogP contribution in [0.1, 0.15) is 40.3 Å². The number of alkyl halides is 1. The number of carboxylic acid groups (broad SMARTS) is 1. The number of hydrogen-bond donors (Lipinski definition) is 2. The number of fused-ring (bicyclic) bond motifs is 1. The summed E-state index contributed by atoms with van der Waals surface area (Å²) in [6.07, 6.45) is -1.59. The van der Waals surface area contributed by atoms with Crippen LogP contribution in [0.3, 0.4) is 0 Å². The minimum absolute atomic E-state index is 0.0130. The summed E-state index contributed by atoms with van der Waals surface area (Å²) in [5.41, 5.74) is 0.523. The summed E-state index contributed by atoms with van der Waals surface area (Å²) in [7, 11) is -2.99. The highest BCUT2D eigenvalue weighted by Gasteiger charge is 2.53. The molecule has 0 spiro atoms. The predicted molar refractivity (Wildman–Crippen MR) is 158 cm³/mol. The highest BCUT2D eigenvalue weighted by Crippen LogP contribution is 2.42. The van der Waals surface area contributed by atoms with Crippen molar-refractivity contribution in [1.29, 1.82) is 0 Å². The van der Waals surface area contributed by atoms with Crippen LogP contribution in [0.4, 0.5) is 10.2 Å². The number of nitrogens with one attached hydrogen (secondary N) is 1. The Morgan fingerprint density at radius 1 is 1.05 bits per heavy atom. The zero-order chi connectivity index (χ0) is 30.1. The van der Waals surface area contributed by atoms with E-state index in [1.54, 1.807) is 0 Å². The number of benzene rings is 2. The third kappa shape index (κ3) is 5.44. The van der Waals surface area contributed by atoms with Crippen molar-refractivity contribution in [2.24, 2.45) is 5.92 Å². The molecule has 0 bridgehead atoms. The average Bonchev–Trinajstić information content (AvgIpc) is 3.50. The molecule has 1 saturated heterocycles. The molecule has 3 heterocycles. The van der Waals surface area contributed by atoms with Crippen LogP contribution < -0.4 is 15.7 Å². The number of amides is 1. The average molecular weight is 592 g/mol. The van der Waals surface area contributed by atoms with Gasteiger partial charge < -0.3 is 19.6 Å². The van der Waals surface area contributed by atoms with Crippen LogP contribution in [-0.4, -0.2) is 63.7 Å². The fourth-order valence-electron chi connectivity index (χ4n) is 5.86. The molecule has 4 aromatic rings. The number of aliphatic carboxylic acids is 1. The van der Waals surface area contributed by atoms with Gasteiger partial charge in [-0.3, -0.25) is 14.2 Å². The molecule has 2 aromatic heterocycles. The van der Waals surface area contributed by atoms with Gasteiger partial charge in [0.25, 0.3) is 8.32 Å². The summed E-state index contributed by atoms with van der Waals surface area (Å²) >= 11 is 0. The van der Waals surface area contributed by atoms with Crippen molar-refractivity contribution in [3.63, 3.8) is 0 Å².